The monoisotopic (exact) mass is 263 g/mol. The number of methoxy groups -OCH3 is 1. The average molecular weight is 263 g/mol. The SMILES string of the molecule is COC1CCN(C(CN)c2ccc(N(C)C)cc2)C1. The van der Waals surface area contributed by atoms with Gasteiger partial charge in [-0.2, -0.15) is 0 Å². The van der Waals surface area contributed by atoms with Gasteiger partial charge >= 0.3 is 0 Å². The fraction of sp³-hybridized carbons (Fsp3) is 0.600. The zero-order valence-electron chi connectivity index (χ0n) is 12.2. The normalized spacial score (nSPS) is 21.6. The van der Waals surface area contributed by atoms with Crippen molar-refractivity contribution in [3.05, 3.63) is 29.8 Å². The van der Waals surface area contributed by atoms with Gasteiger partial charge in [0.05, 0.1) is 6.10 Å². The number of ether oxygens (including phenoxy) is 1. The molecule has 0 spiro atoms. The Kier molecular flexibility index (Phi) is 4.80. The molecular formula is C15H25N3O. The summed E-state index contributed by atoms with van der Waals surface area (Å²) in [7, 11) is 5.90. The van der Waals surface area contributed by atoms with Gasteiger partial charge < -0.3 is 15.4 Å². The maximum absolute atomic E-state index is 5.98. The van der Waals surface area contributed by atoms with Crippen molar-refractivity contribution in [3.63, 3.8) is 0 Å². The molecule has 0 aliphatic carbocycles. The van der Waals surface area contributed by atoms with Crippen molar-refractivity contribution in [3.8, 4) is 0 Å². The van der Waals surface area contributed by atoms with Crippen LogP contribution in [0.5, 0.6) is 0 Å². The summed E-state index contributed by atoms with van der Waals surface area (Å²) in [6, 6.07) is 8.99. The Balaban J connectivity index is 2.09. The summed E-state index contributed by atoms with van der Waals surface area (Å²) >= 11 is 0. The molecule has 0 radical (unpaired) electrons. The van der Waals surface area contributed by atoms with Gasteiger partial charge in [0.15, 0.2) is 0 Å². The molecule has 4 nitrogen and oxygen atoms in total. The Bertz CT molecular complexity index is 391. The molecule has 1 fully saturated rings. The first-order valence-corrected chi connectivity index (χ1v) is 6.90. The summed E-state index contributed by atoms with van der Waals surface area (Å²) in [5.74, 6) is 0. The van der Waals surface area contributed by atoms with E-state index in [0.29, 0.717) is 18.7 Å². The zero-order valence-corrected chi connectivity index (χ0v) is 12.2. The van der Waals surface area contributed by atoms with Crippen LogP contribution in [0, 0.1) is 0 Å². The van der Waals surface area contributed by atoms with Gasteiger partial charge in [-0.25, -0.2) is 0 Å². The Morgan fingerprint density at radius 2 is 2.05 bits per heavy atom. The van der Waals surface area contributed by atoms with Crippen LogP contribution in [0.1, 0.15) is 18.0 Å². The van der Waals surface area contributed by atoms with E-state index in [1.54, 1.807) is 7.11 Å². The molecule has 2 unspecified atom stereocenters. The smallest absolute Gasteiger partial charge is 0.0710 e. The maximum atomic E-state index is 5.98. The van der Waals surface area contributed by atoms with Crippen LogP contribution >= 0.6 is 0 Å². The van der Waals surface area contributed by atoms with E-state index in [2.05, 4.69) is 48.2 Å². The summed E-state index contributed by atoms with van der Waals surface area (Å²) in [5, 5.41) is 0. The van der Waals surface area contributed by atoms with Gasteiger partial charge in [0.1, 0.15) is 0 Å². The number of likely N-dealkylation sites (tertiary alicyclic amines) is 1. The molecule has 2 N–H and O–H groups in total. The summed E-state index contributed by atoms with van der Waals surface area (Å²) < 4.78 is 5.43. The minimum Gasteiger partial charge on any atom is -0.380 e. The molecule has 19 heavy (non-hydrogen) atoms. The lowest BCUT2D eigenvalue weighted by atomic mass is 10.1. The fourth-order valence-electron chi connectivity index (χ4n) is 2.72. The third kappa shape index (κ3) is 3.26. The highest BCUT2D eigenvalue weighted by Crippen LogP contribution is 2.26. The van der Waals surface area contributed by atoms with Gasteiger partial charge in [0.2, 0.25) is 0 Å². The van der Waals surface area contributed by atoms with Crippen molar-refractivity contribution in [2.24, 2.45) is 5.73 Å². The summed E-state index contributed by atoms with van der Waals surface area (Å²) in [5.41, 5.74) is 8.49. The lowest BCUT2D eigenvalue weighted by Gasteiger charge is -2.27. The van der Waals surface area contributed by atoms with Gasteiger partial charge in [-0.05, 0) is 24.1 Å². The van der Waals surface area contributed by atoms with E-state index in [0.717, 1.165) is 19.5 Å². The van der Waals surface area contributed by atoms with E-state index in [1.165, 1.54) is 11.3 Å². The molecule has 0 saturated carbocycles. The summed E-state index contributed by atoms with van der Waals surface area (Å²) in [6.07, 6.45) is 1.46. The number of hydrogen-bond donors (Lipinski definition) is 1. The standard InChI is InChI=1S/C15H25N3O/c1-17(2)13-6-4-12(5-7-13)15(10-16)18-9-8-14(11-18)19-3/h4-7,14-15H,8-11,16H2,1-3H3. The third-order valence-electron chi connectivity index (χ3n) is 3.97. The fourth-order valence-corrected chi connectivity index (χ4v) is 2.72. The van der Waals surface area contributed by atoms with Crippen molar-refractivity contribution >= 4 is 5.69 Å². The minimum absolute atomic E-state index is 0.302. The van der Waals surface area contributed by atoms with Gasteiger partial charge in [0, 0.05) is 52.6 Å². The molecule has 0 bridgehead atoms. The molecule has 0 aromatic heterocycles. The Labute approximate surface area is 116 Å². The second-order valence-corrected chi connectivity index (χ2v) is 5.38. The van der Waals surface area contributed by atoms with Crippen LogP contribution in [-0.2, 0) is 4.74 Å². The van der Waals surface area contributed by atoms with Crippen LogP contribution in [0.15, 0.2) is 24.3 Å². The molecule has 4 heteroatoms. The maximum Gasteiger partial charge on any atom is 0.0710 e. The predicted octanol–water partition coefficient (Wildman–Crippen LogP) is 1.47. The summed E-state index contributed by atoms with van der Waals surface area (Å²) in [4.78, 5) is 4.54. The molecular weight excluding hydrogens is 238 g/mol. The van der Waals surface area contributed by atoms with E-state index >= 15 is 0 Å². The lowest BCUT2D eigenvalue weighted by molar-refractivity contribution is 0.101. The largest absolute Gasteiger partial charge is 0.380 e. The molecule has 1 saturated heterocycles. The van der Waals surface area contributed by atoms with Crippen LogP contribution in [0.2, 0.25) is 0 Å². The highest BCUT2D eigenvalue weighted by molar-refractivity contribution is 5.46. The molecule has 0 amide bonds. The van der Waals surface area contributed by atoms with E-state index in [-0.39, 0.29) is 0 Å². The number of hydrogen-bond acceptors (Lipinski definition) is 4. The predicted molar refractivity (Wildman–Crippen MR) is 79.6 cm³/mol. The number of anilines is 1. The molecule has 1 aliphatic heterocycles. The van der Waals surface area contributed by atoms with Crippen LogP contribution in [0.25, 0.3) is 0 Å². The Morgan fingerprint density at radius 3 is 2.53 bits per heavy atom. The van der Waals surface area contributed by atoms with Crippen molar-refractivity contribution in [1.82, 2.24) is 4.90 Å². The zero-order chi connectivity index (χ0) is 13.8. The molecule has 1 aromatic carbocycles. The van der Waals surface area contributed by atoms with Gasteiger partial charge in [-0.1, -0.05) is 12.1 Å². The van der Waals surface area contributed by atoms with E-state index in [4.69, 9.17) is 10.5 Å². The van der Waals surface area contributed by atoms with Crippen LogP contribution in [0.4, 0.5) is 5.69 Å². The van der Waals surface area contributed by atoms with Crippen molar-refractivity contribution in [1.29, 1.82) is 0 Å². The number of benzene rings is 1. The molecule has 106 valence electrons. The first-order chi connectivity index (χ1) is 9.15. The van der Waals surface area contributed by atoms with Gasteiger partial charge in [-0.3, -0.25) is 4.90 Å². The molecule has 1 aliphatic rings. The van der Waals surface area contributed by atoms with Crippen LogP contribution < -0.4 is 10.6 Å². The lowest BCUT2D eigenvalue weighted by Crippen LogP contribution is -2.33. The van der Waals surface area contributed by atoms with Crippen molar-refractivity contribution in [2.75, 3.05) is 45.7 Å². The van der Waals surface area contributed by atoms with Gasteiger partial charge in [0.25, 0.3) is 0 Å². The molecule has 2 rings (SSSR count). The van der Waals surface area contributed by atoms with Crippen molar-refractivity contribution in [2.45, 2.75) is 18.6 Å². The third-order valence-corrected chi connectivity index (χ3v) is 3.97. The molecule has 1 heterocycles. The first kappa shape index (κ1) is 14.3. The average Bonchev–Trinajstić information content (AvgIpc) is 2.89. The van der Waals surface area contributed by atoms with Crippen LogP contribution in [-0.4, -0.2) is 51.8 Å². The van der Waals surface area contributed by atoms with Crippen molar-refractivity contribution < 1.29 is 4.74 Å². The van der Waals surface area contributed by atoms with E-state index in [9.17, 15) is 0 Å². The quantitative estimate of drug-likeness (QED) is 0.873. The first-order valence-electron chi connectivity index (χ1n) is 6.90. The summed E-state index contributed by atoms with van der Waals surface area (Å²) in [6.45, 7) is 2.70. The minimum atomic E-state index is 0.302. The molecule has 1 aromatic rings. The number of nitrogens with zero attached hydrogens (tertiary/aromatic N) is 2. The van der Waals surface area contributed by atoms with Crippen LogP contribution in [0.3, 0.4) is 0 Å². The Hall–Kier alpha value is -1.10. The second-order valence-electron chi connectivity index (χ2n) is 5.38. The Morgan fingerprint density at radius 1 is 1.37 bits per heavy atom. The number of rotatable bonds is 5. The topological polar surface area (TPSA) is 41.7 Å². The number of nitrogens with two attached hydrogens (primary N) is 1. The second kappa shape index (κ2) is 6.37. The van der Waals surface area contributed by atoms with E-state index in [1.807, 2.05) is 0 Å². The van der Waals surface area contributed by atoms with Gasteiger partial charge in [-0.15, -0.1) is 0 Å². The highest BCUT2D eigenvalue weighted by atomic mass is 16.5. The molecule has 2 atom stereocenters. The van der Waals surface area contributed by atoms with E-state index < -0.39 is 0 Å². The highest BCUT2D eigenvalue weighted by Gasteiger charge is 2.28.